The van der Waals surface area contributed by atoms with Gasteiger partial charge in [-0.05, 0) is 73.5 Å². The molecule has 0 atom stereocenters. The molecule has 0 radical (unpaired) electrons. The summed E-state index contributed by atoms with van der Waals surface area (Å²) in [5.41, 5.74) is 3.30. The lowest BCUT2D eigenvalue weighted by atomic mass is 10.1. The molecule has 0 amide bonds. The van der Waals surface area contributed by atoms with Crippen LogP contribution in [0.4, 0.5) is 5.69 Å². The Balaban J connectivity index is 1.54. The van der Waals surface area contributed by atoms with E-state index in [1.54, 1.807) is 49.4 Å². The zero-order valence-electron chi connectivity index (χ0n) is 20.4. The minimum atomic E-state index is -0.0964. The highest BCUT2D eigenvalue weighted by Gasteiger charge is 2.07. The summed E-state index contributed by atoms with van der Waals surface area (Å²) in [6.07, 6.45) is 9.40. The SMILES string of the molecule is CCCCCCCOc1ccc(C=CC(=O)c2ccc(N=C(C)c3ccc(O)cc3O)cc2)cc1. The highest BCUT2D eigenvalue weighted by Crippen LogP contribution is 2.25. The Labute approximate surface area is 207 Å². The number of ketones is 1. The van der Waals surface area contributed by atoms with Crippen LogP contribution in [0.2, 0.25) is 0 Å². The first-order chi connectivity index (χ1) is 17.0. The Hall–Kier alpha value is -3.86. The van der Waals surface area contributed by atoms with E-state index in [0.717, 1.165) is 24.3 Å². The molecule has 5 heteroatoms. The van der Waals surface area contributed by atoms with E-state index in [2.05, 4.69) is 11.9 Å². The maximum atomic E-state index is 12.6. The van der Waals surface area contributed by atoms with Crippen molar-refractivity contribution in [2.45, 2.75) is 46.0 Å². The van der Waals surface area contributed by atoms with Gasteiger partial charge in [0.1, 0.15) is 17.2 Å². The molecular weight excluding hydrogens is 438 g/mol. The van der Waals surface area contributed by atoms with Crippen molar-refractivity contribution in [3.63, 3.8) is 0 Å². The fourth-order valence-corrected chi connectivity index (χ4v) is 3.62. The number of benzene rings is 3. The fraction of sp³-hybridized carbons (Fsp3) is 0.267. The van der Waals surface area contributed by atoms with Crippen LogP contribution < -0.4 is 4.74 Å². The second kappa shape index (κ2) is 13.1. The molecule has 5 nitrogen and oxygen atoms in total. The van der Waals surface area contributed by atoms with Crippen LogP contribution in [0, 0.1) is 0 Å². The number of rotatable bonds is 12. The average Bonchev–Trinajstić information content (AvgIpc) is 2.85. The van der Waals surface area contributed by atoms with Gasteiger partial charge in [0.15, 0.2) is 5.78 Å². The number of carbonyl (C=O) groups is 1. The Morgan fingerprint density at radius 1 is 0.914 bits per heavy atom. The summed E-state index contributed by atoms with van der Waals surface area (Å²) >= 11 is 0. The molecule has 3 aromatic rings. The number of phenolic OH excluding ortho intramolecular Hbond substituents is 2. The van der Waals surface area contributed by atoms with Gasteiger partial charge in [-0.1, -0.05) is 50.8 Å². The topological polar surface area (TPSA) is 79.1 Å². The highest BCUT2D eigenvalue weighted by molar-refractivity contribution is 6.07. The Morgan fingerprint density at radius 3 is 2.31 bits per heavy atom. The Kier molecular flexibility index (Phi) is 9.67. The van der Waals surface area contributed by atoms with Crippen LogP contribution in [0.5, 0.6) is 17.2 Å². The molecule has 0 aliphatic heterocycles. The van der Waals surface area contributed by atoms with E-state index in [1.807, 2.05) is 24.3 Å². The van der Waals surface area contributed by atoms with E-state index in [-0.39, 0.29) is 17.3 Å². The van der Waals surface area contributed by atoms with Gasteiger partial charge in [0.05, 0.1) is 12.3 Å². The lowest BCUT2D eigenvalue weighted by Crippen LogP contribution is -1.97. The van der Waals surface area contributed by atoms with Gasteiger partial charge in [-0.25, -0.2) is 0 Å². The van der Waals surface area contributed by atoms with Crippen LogP contribution in [0.15, 0.2) is 77.8 Å². The number of carbonyl (C=O) groups excluding carboxylic acids is 1. The predicted molar refractivity (Wildman–Crippen MR) is 142 cm³/mol. The number of ether oxygens (including phenoxy) is 1. The van der Waals surface area contributed by atoms with Gasteiger partial charge >= 0.3 is 0 Å². The summed E-state index contributed by atoms with van der Waals surface area (Å²) in [5, 5.41) is 19.4. The van der Waals surface area contributed by atoms with Crippen LogP contribution in [0.1, 0.15) is 67.4 Å². The molecule has 0 saturated carbocycles. The number of phenols is 2. The molecule has 0 saturated heterocycles. The largest absolute Gasteiger partial charge is 0.508 e. The summed E-state index contributed by atoms with van der Waals surface area (Å²) < 4.78 is 5.79. The summed E-state index contributed by atoms with van der Waals surface area (Å²) in [4.78, 5) is 17.1. The number of hydrogen-bond acceptors (Lipinski definition) is 5. The molecule has 2 N–H and O–H groups in total. The van der Waals surface area contributed by atoms with Crippen molar-refractivity contribution in [1.29, 1.82) is 0 Å². The van der Waals surface area contributed by atoms with Crippen LogP contribution in [0.3, 0.4) is 0 Å². The molecular formula is C30H33NO4. The summed E-state index contributed by atoms with van der Waals surface area (Å²) in [6, 6.07) is 19.1. The third kappa shape index (κ3) is 8.14. The van der Waals surface area contributed by atoms with E-state index in [1.165, 1.54) is 37.8 Å². The van der Waals surface area contributed by atoms with Gasteiger partial charge in [0.2, 0.25) is 0 Å². The van der Waals surface area contributed by atoms with E-state index in [9.17, 15) is 15.0 Å². The van der Waals surface area contributed by atoms with Crippen molar-refractivity contribution < 1.29 is 19.7 Å². The first kappa shape index (κ1) is 25.8. The van der Waals surface area contributed by atoms with Gasteiger partial charge in [0.25, 0.3) is 0 Å². The predicted octanol–water partition coefficient (Wildman–Crippen LogP) is 7.48. The molecule has 182 valence electrons. The van der Waals surface area contributed by atoms with Crippen molar-refractivity contribution in [3.8, 4) is 17.2 Å². The quantitative estimate of drug-likeness (QED) is 0.124. The van der Waals surface area contributed by atoms with Gasteiger partial charge in [-0.15, -0.1) is 0 Å². The molecule has 0 bridgehead atoms. The van der Waals surface area contributed by atoms with Gasteiger partial charge in [0, 0.05) is 22.9 Å². The van der Waals surface area contributed by atoms with Gasteiger partial charge in [-0.3, -0.25) is 9.79 Å². The van der Waals surface area contributed by atoms with Gasteiger partial charge in [-0.2, -0.15) is 0 Å². The Morgan fingerprint density at radius 2 is 1.63 bits per heavy atom. The van der Waals surface area contributed by atoms with Gasteiger partial charge < -0.3 is 14.9 Å². The number of nitrogens with zero attached hydrogens (tertiary/aromatic N) is 1. The van der Waals surface area contributed by atoms with Crippen molar-refractivity contribution in [1.82, 2.24) is 0 Å². The van der Waals surface area contributed by atoms with E-state index in [4.69, 9.17) is 4.74 Å². The number of aliphatic imine (C=N–C) groups is 1. The second-order valence-corrected chi connectivity index (χ2v) is 8.47. The maximum Gasteiger partial charge on any atom is 0.185 e. The van der Waals surface area contributed by atoms with Crippen molar-refractivity contribution in [3.05, 3.63) is 89.5 Å². The molecule has 0 aromatic heterocycles. The minimum absolute atomic E-state index is 0.00703. The number of unbranched alkanes of at least 4 members (excludes halogenated alkanes) is 4. The third-order valence-corrected chi connectivity index (χ3v) is 5.64. The average molecular weight is 472 g/mol. The summed E-state index contributed by atoms with van der Waals surface area (Å²) in [5.74, 6) is 0.703. The first-order valence-electron chi connectivity index (χ1n) is 12.1. The normalized spacial score (nSPS) is 11.7. The highest BCUT2D eigenvalue weighted by atomic mass is 16.5. The summed E-state index contributed by atoms with van der Waals surface area (Å²) in [6.45, 7) is 4.72. The van der Waals surface area contributed by atoms with Crippen molar-refractivity contribution in [2.75, 3.05) is 6.61 Å². The Bertz CT molecular complexity index is 1160. The molecule has 0 spiro atoms. The van der Waals surface area contributed by atoms with Crippen LogP contribution in [-0.4, -0.2) is 28.3 Å². The monoisotopic (exact) mass is 471 g/mol. The first-order valence-corrected chi connectivity index (χ1v) is 12.1. The smallest absolute Gasteiger partial charge is 0.185 e. The van der Waals surface area contributed by atoms with E-state index in [0.29, 0.717) is 22.5 Å². The molecule has 0 aliphatic carbocycles. The summed E-state index contributed by atoms with van der Waals surface area (Å²) in [7, 11) is 0. The molecule has 0 unspecified atom stereocenters. The molecule has 3 rings (SSSR count). The molecule has 0 aliphatic rings. The number of hydrogen-bond donors (Lipinski definition) is 2. The van der Waals surface area contributed by atoms with Crippen molar-refractivity contribution >= 4 is 23.3 Å². The number of aromatic hydroxyl groups is 2. The van der Waals surface area contributed by atoms with E-state index < -0.39 is 0 Å². The molecule has 3 aromatic carbocycles. The molecule has 0 fully saturated rings. The van der Waals surface area contributed by atoms with E-state index >= 15 is 0 Å². The second-order valence-electron chi connectivity index (χ2n) is 8.47. The zero-order valence-corrected chi connectivity index (χ0v) is 20.4. The zero-order chi connectivity index (χ0) is 25.0. The maximum absolute atomic E-state index is 12.6. The number of allylic oxidation sites excluding steroid dienone is 1. The third-order valence-electron chi connectivity index (χ3n) is 5.64. The van der Waals surface area contributed by atoms with Crippen LogP contribution in [0.25, 0.3) is 6.08 Å². The molecule has 35 heavy (non-hydrogen) atoms. The standard InChI is InChI=1S/C30H33NO4/c1-3-4-5-6-7-20-35-27-16-8-23(9-17-27)10-19-29(33)24-11-13-25(14-12-24)31-22(2)28-18-15-26(32)21-30(28)34/h8-19,21,32,34H,3-7,20H2,1-2H3. The fourth-order valence-electron chi connectivity index (χ4n) is 3.62. The minimum Gasteiger partial charge on any atom is -0.508 e. The lowest BCUT2D eigenvalue weighted by molar-refractivity contribution is 0.104. The lowest BCUT2D eigenvalue weighted by Gasteiger charge is -2.06. The van der Waals surface area contributed by atoms with Crippen molar-refractivity contribution in [2.24, 2.45) is 4.99 Å². The van der Waals surface area contributed by atoms with Crippen LogP contribution in [-0.2, 0) is 0 Å². The van der Waals surface area contributed by atoms with Crippen LogP contribution >= 0.6 is 0 Å². The molecule has 0 heterocycles.